The third-order valence-corrected chi connectivity index (χ3v) is 9.14. The van der Waals surface area contributed by atoms with Crippen LogP contribution in [-0.2, 0) is 4.57 Å². The standard InChI is InChI=1S/C19H16ClO2PS/c1-22-18-13-12-15(20)14-19(18)24-23(21,16-8-4-2-5-9-16)17-10-6-3-7-11-17/h2-14H,1H3. The third kappa shape index (κ3) is 3.54. The first-order valence-corrected chi connectivity index (χ1v) is 10.9. The molecule has 0 unspecified atom stereocenters. The van der Waals surface area contributed by atoms with E-state index < -0.39 is 6.34 Å². The predicted molar refractivity (Wildman–Crippen MR) is 104 cm³/mol. The van der Waals surface area contributed by atoms with Crippen LogP contribution in [0.15, 0.2) is 83.8 Å². The summed E-state index contributed by atoms with van der Waals surface area (Å²) in [6, 6.07) is 24.4. The van der Waals surface area contributed by atoms with Crippen LogP contribution in [0.4, 0.5) is 0 Å². The molecule has 0 atom stereocenters. The molecule has 0 amide bonds. The molecule has 0 aliphatic heterocycles. The lowest BCUT2D eigenvalue weighted by atomic mass is 10.3. The molecule has 24 heavy (non-hydrogen) atoms. The lowest BCUT2D eigenvalue weighted by Gasteiger charge is -2.20. The fourth-order valence-corrected chi connectivity index (χ4v) is 7.56. The molecule has 122 valence electrons. The van der Waals surface area contributed by atoms with Gasteiger partial charge in [0, 0.05) is 15.6 Å². The molecule has 0 saturated carbocycles. The molecule has 3 aromatic carbocycles. The van der Waals surface area contributed by atoms with Gasteiger partial charge in [0.2, 0.25) is 0 Å². The summed E-state index contributed by atoms with van der Waals surface area (Å²) in [5.41, 5.74) is 0. The van der Waals surface area contributed by atoms with Crippen LogP contribution in [0.3, 0.4) is 0 Å². The first kappa shape index (κ1) is 17.2. The molecule has 0 fully saturated rings. The minimum absolute atomic E-state index is 0.589. The summed E-state index contributed by atoms with van der Waals surface area (Å²) >= 11 is 7.44. The number of methoxy groups -OCH3 is 1. The van der Waals surface area contributed by atoms with Crippen molar-refractivity contribution in [1.29, 1.82) is 0 Å². The number of halogens is 1. The molecule has 0 bridgehead atoms. The molecular formula is C19H16ClO2PS. The van der Waals surface area contributed by atoms with Crippen molar-refractivity contribution in [2.45, 2.75) is 4.90 Å². The Labute approximate surface area is 150 Å². The second-order valence-corrected chi connectivity index (χ2v) is 10.4. The summed E-state index contributed by atoms with van der Waals surface area (Å²) < 4.78 is 19.4. The zero-order valence-corrected chi connectivity index (χ0v) is 15.5. The van der Waals surface area contributed by atoms with Gasteiger partial charge in [-0.2, -0.15) is 0 Å². The Balaban J connectivity index is 2.14. The summed E-state index contributed by atoms with van der Waals surface area (Å²) in [6.07, 6.45) is -2.93. The van der Waals surface area contributed by atoms with Gasteiger partial charge in [0.1, 0.15) is 5.75 Å². The molecule has 3 aromatic rings. The lowest BCUT2D eigenvalue weighted by molar-refractivity contribution is 0.405. The number of hydrogen-bond acceptors (Lipinski definition) is 3. The van der Waals surface area contributed by atoms with E-state index in [0.717, 1.165) is 15.5 Å². The maximum atomic E-state index is 14.0. The maximum Gasteiger partial charge on any atom is 0.199 e. The molecule has 0 heterocycles. The summed E-state index contributed by atoms with van der Waals surface area (Å²) in [5, 5.41) is 2.18. The molecule has 0 spiro atoms. The van der Waals surface area contributed by atoms with Crippen LogP contribution in [-0.4, -0.2) is 7.11 Å². The largest absolute Gasteiger partial charge is 0.496 e. The van der Waals surface area contributed by atoms with E-state index in [9.17, 15) is 4.57 Å². The van der Waals surface area contributed by atoms with E-state index >= 15 is 0 Å². The van der Waals surface area contributed by atoms with E-state index in [0.29, 0.717) is 10.8 Å². The molecule has 0 radical (unpaired) electrons. The van der Waals surface area contributed by atoms with E-state index in [1.807, 2.05) is 60.7 Å². The van der Waals surface area contributed by atoms with Crippen molar-refractivity contribution in [2.75, 3.05) is 7.11 Å². The molecule has 0 aliphatic carbocycles. The van der Waals surface area contributed by atoms with E-state index in [2.05, 4.69) is 0 Å². The van der Waals surface area contributed by atoms with Gasteiger partial charge < -0.3 is 9.30 Å². The van der Waals surface area contributed by atoms with Crippen LogP contribution in [0, 0.1) is 0 Å². The fraction of sp³-hybridized carbons (Fsp3) is 0.0526. The molecular weight excluding hydrogens is 359 g/mol. The minimum Gasteiger partial charge on any atom is -0.496 e. The monoisotopic (exact) mass is 374 g/mol. The molecule has 3 rings (SSSR count). The highest BCUT2D eigenvalue weighted by molar-refractivity contribution is 8.62. The van der Waals surface area contributed by atoms with Gasteiger partial charge in [-0.15, -0.1) is 0 Å². The Morgan fingerprint density at radius 2 is 1.42 bits per heavy atom. The summed E-state index contributed by atoms with van der Waals surface area (Å²) in [6.45, 7) is 0. The van der Waals surface area contributed by atoms with Gasteiger partial charge in [-0.1, -0.05) is 72.3 Å². The van der Waals surface area contributed by atoms with Crippen LogP contribution in [0.25, 0.3) is 0 Å². The minimum atomic E-state index is -2.93. The van der Waals surface area contributed by atoms with Crippen molar-refractivity contribution < 1.29 is 9.30 Å². The van der Waals surface area contributed by atoms with Crippen molar-refractivity contribution in [3.8, 4) is 5.75 Å². The van der Waals surface area contributed by atoms with Crippen LogP contribution >= 0.6 is 29.3 Å². The van der Waals surface area contributed by atoms with Crippen LogP contribution in [0.2, 0.25) is 5.02 Å². The topological polar surface area (TPSA) is 26.3 Å². The Bertz CT molecular complexity index is 826. The molecule has 0 aliphatic rings. The van der Waals surface area contributed by atoms with Crippen molar-refractivity contribution in [3.05, 3.63) is 83.9 Å². The Hall–Kier alpha value is -1.67. The zero-order valence-electron chi connectivity index (χ0n) is 13.1. The van der Waals surface area contributed by atoms with Gasteiger partial charge in [0.25, 0.3) is 0 Å². The Kier molecular flexibility index (Phi) is 5.35. The van der Waals surface area contributed by atoms with Crippen molar-refractivity contribution in [3.63, 3.8) is 0 Å². The van der Waals surface area contributed by atoms with Crippen LogP contribution < -0.4 is 15.3 Å². The first-order valence-electron chi connectivity index (χ1n) is 7.38. The third-order valence-electron chi connectivity index (χ3n) is 3.54. The van der Waals surface area contributed by atoms with E-state index in [1.54, 1.807) is 25.3 Å². The maximum absolute atomic E-state index is 14.0. The normalized spacial score (nSPS) is 11.2. The second-order valence-electron chi connectivity index (χ2n) is 5.11. The van der Waals surface area contributed by atoms with E-state index in [4.69, 9.17) is 16.3 Å². The van der Waals surface area contributed by atoms with Gasteiger partial charge in [-0.3, -0.25) is 0 Å². The Morgan fingerprint density at radius 3 is 1.92 bits per heavy atom. The lowest BCUT2D eigenvalue weighted by Crippen LogP contribution is -2.13. The number of hydrogen-bond donors (Lipinski definition) is 0. The highest BCUT2D eigenvalue weighted by Crippen LogP contribution is 2.61. The molecule has 0 saturated heterocycles. The van der Waals surface area contributed by atoms with Crippen molar-refractivity contribution in [2.24, 2.45) is 0 Å². The Morgan fingerprint density at radius 1 is 0.875 bits per heavy atom. The van der Waals surface area contributed by atoms with Crippen LogP contribution in [0.1, 0.15) is 0 Å². The van der Waals surface area contributed by atoms with E-state index in [1.165, 1.54) is 11.4 Å². The number of rotatable bonds is 5. The van der Waals surface area contributed by atoms with Gasteiger partial charge in [-0.05, 0) is 29.6 Å². The molecule has 0 N–H and O–H groups in total. The van der Waals surface area contributed by atoms with E-state index in [-0.39, 0.29) is 0 Å². The van der Waals surface area contributed by atoms with Crippen molar-refractivity contribution in [1.82, 2.24) is 0 Å². The molecule has 0 aromatic heterocycles. The quantitative estimate of drug-likeness (QED) is 0.561. The average Bonchev–Trinajstić information content (AvgIpc) is 2.63. The van der Waals surface area contributed by atoms with Gasteiger partial charge in [0.05, 0.1) is 12.0 Å². The SMILES string of the molecule is COc1ccc(Cl)cc1SP(=O)(c1ccccc1)c1ccccc1. The van der Waals surface area contributed by atoms with Gasteiger partial charge in [-0.25, -0.2) is 0 Å². The first-order chi connectivity index (χ1) is 11.6. The summed E-state index contributed by atoms with van der Waals surface area (Å²) in [7, 11) is 1.60. The number of ether oxygens (including phenoxy) is 1. The highest BCUT2D eigenvalue weighted by atomic mass is 35.5. The second kappa shape index (κ2) is 7.48. The highest BCUT2D eigenvalue weighted by Gasteiger charge is 2.30. The number of benzene rings is 3. The average molecular weight is 375 g/mol. The zero-order chi connectivity index (χ0) is 17.0. The van der Waals surface area contributed by atoms with Crippen LogP contribution in [0.5, 0.6) is 5.75 Å². The fourth-order valence-electron chi connectivity index (χ4n) is 2.36. The van der Waals surface area contributed by atoms with Gasteiger partial charge >= 0.3 is 0 Å². The van der Waals surface area contributed by atoms with Gasteiger partial charge in [0.15, 0.2) is 6.34 Å². The molecule has 5 heteroatoms. The summed E-state index contributed by atoms with van der Waals surface area (Å²) in [4.78, 5) is 0.765. The van der Waals surface area contributed by atoms with Crippen molar-refractivity contribution >= 4 is 39.9 Å². The molecule has 2 nitrogen and oxygen atoms in total. The smallest absolute Gasteiger partial charge is 0.199 e. The predicted octanol–water partition coefficient (Wildman–Crippen LogP) is 5.37. The summed E-state index contributed by atoms with van der Waals surface area (Å²) in [5.74, 6) is 0.663.